The molecule has 3 heteroatoms. The lowest BCUT2D eigenvalue weighted by Gasteiger charge is -2.25. The van der Waals surface area contributed by atoms with Gasteiger partial charge in [0, 0.05) is 0 Å². The van der Waals surface area contributed by atoms with Crippen molar-refractivity contribution < 1.29 is 14.6 Å². The van der Waals surface area contributed by atoms with E-state index in [0.29, 0.717) is 0 Å². The molecule has 1 aliphatic rings. The fraction of sp³-hybridized carbons (Fsp3) is 0.939. The van der Waals surface area contributed by atoms with Crippen LogP contribution in [0.5, 0.6) is 0 Å². The van der Waals surface area contributed by atoms with Crippen LogP contribution in [0.25, 0.3) is 0 Å². The fourth-order valence-corrected chi connectivity index (χ4v) is 8.44. The monoisotopic (exact) mass is 731 g/mol. The van der Waals surface area contributed by atoms with Crippen LogP contribution in [0.15, 0.2) is 12.2 Å². The Bertz CT molecular complexity index is 777. The second-order valence-corrected chi connectivity index (χ2v) is 17.5. The molecule has 0 amide bonds. The summed E-state index contributed by atoms with van der Waals surface area (Å²) in [5, 5.41) is 10.2. The number of rotatable bonds is 42. The Morgan fingerprint density at radius 1 is 0.423 bits per heavy atom. The van der Waals surface area contributed by atoms with Gasteiger partial charge in [-0.3, -0.25) is 0 Å². The lowest BCUT2D eigenvalue weighted by molar-refractivity contribution is -0.149. The van der Waals surface area contributed by atoms with Crippen LogP contribution in [0.2, 0.25) is 0 Å². The van der Waals surface area contributed by atoms with Gasteiger partial charge in [-0.05, 0) is 19.8 Å². The predicted octanol–water partition coefficient (Wildman–Crippen LogP) is 16.6. The molecule has 0 saturated carbocycles. The van der Waals surface area contributed by atoms with Gasteiger partial charge in [-0.15, -0.1) is 0 Å². The highest BCUT2D eigenvalue weighted by atomic mass is 16.6. The first kappa shape index (κ1) is 49.2. The molecule has 3 nitrogen and oxygen atoms in total. The van der Waals surface area contributed by atoms with E-state index >= 15 is 0 Å². The largest absolute Gasteiger partial charge is 0.453 e. The topological polar surface area (TPSA) is 46.5 Å². The number of hydrogen-bond donors (Lipinski definition) is 1. The van der Waals surface area contributed by atoms with Gasteiger partial charge < -0.3 is 9.84 Å². The molecule has 0 radical (unpaired) electrons. The van der Waals surface area contributed by atoms with Crippen molar-refractivity contribution in [1.82, 2.24) is 0 Å². The zero-order chi connectivity index (χ0) is 37.6. The first-order valence-corrected chi connectivity index (χ1v) is 24.1. The maximum Gasteiger partial charge on any atom is 0.336 e. The third-order valence-corrected chi connectivity index (χ3v) is 12.3. The molecule has 0 aliphatic carbocycles. The summed E-state index contributed by atoms with van der Waals surface area (Å²) < 4.78 is 5.36. The molecule has 0 aromatic carbocycles. The van der Waals surface area contributed by atoms with Crippen molar-refractivity contribution in [2.75, 3.05) is 0 Å². The predicted molar refractivity (Wildman–Crippen MR) is 229 cm³/mol. The van der Waals surface area contributed by atoms with Crippen LogP contribution in [-0.4, -0.2) is 22.8 Å². The maximum absolute atomic E-state index is 11.6. The molecular weight excluding hydrogens is 637 g/mol. The molecule has 0 bridgehead atoms. The number of carbonyl (C=O) groups excluding carboxylic acids is 1. The highest BCUT2D eigenvalue weighted by Gasteiger charge is 2.47. The van der Waals surface area contributed by atoms with Gasteiger partial charge in [0.15, 0.2) is 0 Å². The van der Waals surface area contributed by atoms with Gasteiger partial charge >= 0.3 is 5.97 Å². The Hall–Kier alpha value is -0.830. The Morgan fingerprint density at radius 3 is 0.788 bits per heavy atom. The van der Waals surface area contributed by atoms with Gasteiger partial charge in [-0.1, -0.05) is 270 Å². The van der Waals surface area contributed by atoms with Gasteiger partial charge in [0.05, 0.1) is 5.57 Å². The Morgan fingerprint density at radius 2 is 0.615 bits per heavy atom. The van der Waals surface area contributed by atoms with Crippen LogP contribution in [0, 0.1) is 0 Å². The van der Waals surface area contributed by atoms with Gasteiger partial charge in [-0.25, -0.2) is 4.79 Å². The average molecular weight is 731 g/mol. The SMILES string of the molecule is C=C1C(=O)O[C@](C)(CCCCCCCCCCCCCCCCCCCCCCCCCCCCCCCCCCCCCCCCCCC)[C@H]1O. The minimum atomic E-state index is -0.849. The van der Waals surface area contributed by atoms with Crippen LogP contribution >= 0.6 is 0 Å². The van der Waals surface area contributed by atoms with E-state index in [0.717, 1.165) is 19.3 Å². The molecule has 1 saturated heterocycles. The maximum atomic E-state index is 11.6. The summed E-state index contributed by atoms with van der Waals surface area (Å²) in [5.41, 5.74) is -0.558. The standard InChI is InChI=1S/C49H94O3/c1-4-5-6-7-8-9-10-11-12-13-14-15-16-17-18-19-20-21-22-23-24-25-26-27-28-29-30-31-32-33-34-35-36-37-38-39-40-41-42-43-44-45-49(3)47(50)46(2)48(51)52-49/h47,50H,2,4-45H2,1,3H3/t47-,49+/m0/s1. The second-order valence-electron chi connectivity index (χ2n) is 17.5. The smallest absolute Gasteiger partial charge is 0.336 e. The minimum absolute atomic E-state index is 0.208. The van der Waals surface area contributed by atoms with Crippen molar-refractivity contribution in [2.45, 2.75) is 295 Å². The van der Waals surface area contributed by atoms with E-state index in [9.17, 15) is 9.90 Å². The number of carbonyl (C=O) groups is 1. The van der Waals surface area contributed by atoms with E-state index in [1.165, 1.54) is 250 Å². The number of unbranched alkanes of at least 4 members (excludes halogenated alkanes) is 40. The molecule has 1 heterocycles. The third-order valence-electron chi connectivity index (χ3n) is 12.3. The van der Waals surface area contributed by atoms with E-state index < -0.39 is 17.7 Å². The molecule has 1 N–H and O–H groups in total. The van der Waals surface area contributed by atoms with Crippen molar-refractivity contribution in [3.63, 3.8) is 0 Å². The van der Waals surface area contributed by atoms with Gasteiger partial charge in [0.1, 0.15) is 11.7 Å². The summed E-state index contributed by atoms with van der Waals surface area (Å²) in [5.74, 6) is -0.438. The third kappa shape index (κ3) is 29.5. The lowest BCUT2D eigenvalue weighted by atomic mass is 9.90. The summed E-state index contributed by atoms with van der Waals surface area (Å²) >= 11 is 0. The van der Waals surface area contributed by atoms with Crippen molar-refractivity contribution in [2.24, 2.45) is 0 Å². The molecule has 1 fully saturated rings. The number of esters is 1. The highest BCUT2D eigenvalue weighted by molar-refractivity contribution is 5.92. The molecule has 0 aromatic rings. The van der Waals surface area contributed by atoms with E-state index in [1.54, 1.807) is 0 Å². The van der Waals surface area contributed by atoms with Gasteiger partial charge in [0.2, 0.25) is 0 Å². The summed E-state index contributed by atoms with van der Waals surface area (Å²) in [7, 11) is 0. The van der Waals surface area contributed by atoms with E-state index in [4.69, 9.17) is 4.74 Å². The molecule has 0 spiro atoms. The Balaban J connectivity index is 1.64. The average Bonchev–Trinajstić information content (AvgIpc) is 3.33. The molecular formula is C49H94O3. The van der Waals surface area contributed by atoms with E-state index in [1.807, 2.05) is 6.92 Å². The van der Waals surface area contributed by atoms with Gasteiger partial charge in [-0.2, -0.15) is 0 Å². The quantitative estimate of drug-likeness (QED) is 0.0386. The number of aliphatic hydroxyl groups is 1. The lowest BCUT2D eigenvalue weighted by Crippen LogP contribution is -2.36. The molecule has 1 aliphatic heterocycles. The first-order valence-electron chi connectivity index (χ1n) is 24.1. The zero-order valence-corrected chi connectivity index (χ0v) is 35.7. The molecule has 1 rings (SSSR count). The number of hydrogen-bond acceptors (Lipinski definition) is 3. The van der Waals surface area contributed by atoms with E-state index in [2.05, 4.69) is 13.5 Å². The summed E-state index contributed by atoms with van der Waals surface area (Å²) in [6.07, 6.45) is 58.5. The number of aliphatic hydroxyl groups excluding tert-OH is 1. The van der Waals surface area contributed by atoms with Crippen molar-refractivity contribution in [1.29, 1.82) is 0 Å². The Labute approximate surface area is 327 Å². The molecule has 308 valence electrons. The minimum Gasteiger partial charge on any atom is -0.453 e. The van der Waals surface area contributed by atoms with Crippen LogP contribution in [-0.2, 0) is 9.53 Å². The second kappa shape index (κ2) is 37.1. The molecule has 0 aromatic heterocycles. The van der Waals surface area contributed by atoms with Crippen LogP contribution < -0.4 is 0 Å². The van der Waals surface area contributed by atoms with Crippen LogP contribution in [0.4, 0.5) is 0 Å². The summed E-state index contributed by atoms with van der Waals surface area (Å²) in [4.78, 5) is 11.6. The number of cyclic esters (lactones) is 1. The van der Waals surface area contributed by atoms with Crippen LogP contribution in [0.3, 0.4) is 0 Å². The van der Waals surface area contributed by atoms with Crippen LogP contribution in [0.1, 0.15) is 284 Å². The molecule has 2 atom stereocenters. The zero-order valence-electron chi connectivity index (χ0n) is 35.7. The van der Waals surface area contributed by atoms with Gasteiger partial charge in [0.25, 0.3) is 0 Å². The van der Waals surface area contributed by atoms with Crippen molar-refractivity contribution in [3.8, 4) is 0 Å². The van der Waals surface area contributed by atoms with Crippen molar-refractivity contribution in [3.05, 3.63) is 12.2 Å². The normalized spacial score (nSPS) is 17.4. The highest BCUT2D eigenvalue weighted by Crippen LogP contribution is 2.34. The fourth-order valence-electron chi connectivity index (χ4n) is 8.44. The number of ether oxygens (including phenoxy) is 1. The summed E-state index contributed by atoms with van der Waals surface area (Å²) in [6.45, 7) is 7.79. The molecule has 0 unspecified atom stereocenters. The summed E-state index contributed by atoms with van der Waals surface area (Å²) in [6, 6.07) is 0. The Kier molecular flexibility index (Phi) is 35.1. The van der Waals surface area contributed by atoms with Crippen molar-refractivity contribution >= 4 is 5.97 Å². The molecule has 52 heavy (non-hydrogen) atoms. The first-order chi connectivity index (χ1) is 25.5. The van der Waals surface area contributed by atoms with E-state index in [-0.39, 0.29) is 5.57 Å².